The largest absolute Gasteiger partial charge is 0.377 e. The molecule has 2 rings (SSSR count). The molecular formula is C16H32N2O2. The van der Waals surface area contributed by atoms with Crippen LogP contribution in [-0.2, 0) is 9.47 Å². The summed E-state index contributed by atoms with van der Waals surface area (Å²) >= 11 is 0. The van der Waals surface area contributed by atoms with Gasteiger partial charge in [-0.05, 0) is 26.7 Å². The standard InChI is InChI=1S/C16H32N2O2/c1-14(2)18-9-10-20-15(11-18)12-19-13-16(17)7-5-3-4-6-8-16/h14-15H,3-13,17H2,1-2H3. The van der Waals surface area contributed by atoms with Crippen molar-refractivity contribution in [3.05, 3.63) is 0 Å². The smallest absolute Gasteiger partial charge is 0.0935 e. The molecule has 0 aromatic rings. The molecule has 118 valence electrons. The zero-order valence-electron chi connectivity index (χ0n) is 13.3. The summed E-state index contributed by atoms with van der Waals surface area (Å²) in [5.41, 5.74) is 6.38. The van der Waals surface area contributed by atoms with Crippen LogP contribution in [0, 0.1) is 0 Å². The molecule has 2 aliphatic rings. The van der Waals surface area contributed by atoms with Gasteiger partial charge < -0.3 is 15.2 Å². The van der Waals surface area contributed by atoms with Crippen LogP contribution in [0.15, 0.2) is 0 Å². The second-order valence-electron chi connectivity index (χ2n) is 6.87. The van der Waals surface area contributed by atoms with E-state index in [-0.39, 0.29) is 11.6 Å². The average molecular weight is 284 g/mol. The molecular weight excluding hydrogens is 252 g/mol. The lowest BCUT2D eigenvalue weighted by molar-refractivity contribution is -0.0817. The van der Waals surface area contributed by atoms with Crippen molar-refractivity contribution < 1.29 is 9.47 Å². The van der Waals surface area contributed by atoms with Crippen molar-refractivity contribution in [2.45, 2.75) is 70.1 Å². The Bertz CT molecular complexity index is 276. The first kappa shape index (κ1) is 16.2. The van der Waals surface area contributed by atoms with Crippen LogP contribution in [0.4, 0.5) is 0 Å². The molecule has 1 saturated heterocycles. The third-order valence-electron chi connectivity index (χ3n) is 4.69. The first-order valence-electron chi connectivity index (χ1n) is 8.31. The van der Waals surface area contributed by atoms with Crippen molar-refractivity contribution in [1.29, 1.82) is 0 Å². The molecule has 1 aliphatic heterocycles. The zero-order chi connectivity index (χ0) is 14.4. The Morgan fingerprint density at radius 1 is 1.25 bits per heavy atom. The van der Waals surface area contributed by atoms with Crippen molar-refractivity contribution in [3.8, 4) is 0 Å². The van der Waals surface area contributed by atoms with E-state index in [1.165, 1.54) is 25.7 Å². The van der Waals surface area contributed by atoms with E-state index in [0.29, 0.717) is 19.3 Å². The second kappa shape index (κ2) is 7.74. The average Bonchev–Trinajstić information content (AvgIpc) is 2.64. The minimum absolute atomic E-state index is 0.0943. The molecule has 1 unspecified atom stereocenters. The summed E-state index contributed by atoms with van der Waals surface area (Å²) < 4.78 is 11.7. The lowest BCUT2D eigenvalue weighted by Gasteiger charge is -2.36. The van der Waals surface area contributed by atoms with Crippen molar-refractivity contribution in [1.82, 2.24) is 4.90 Å². The van der Waals surface area contributed by atoms with Gasteiger partial charge in [-0.15, -0.1) is 0 Å². The van der Waals surface area contributed by atoms with Crippen LogP contribution in [0.1, 0.15) is 52.4 Å². The number of ether oxygens (including phenoxy) is 2. The Kier molecular flexibility index (Phi) is 6.27. The van der Waals surface area contributed by atoms with E-state index in [2.05, 4.69) is 18.7 Å². The lowest BCUT2D eigenvalue weighted by atomic mass is 9.93. The van der Waals surface area contributed by atoms with Gasteiger partial charge in [0.15, 0.2) is 0 Å². The van der Waals surface area contributed by atoms with Crippen molar-refractivity contribution in [2.24, 2.45) is 5.73 Å². The topological polar surface area (TPSA) is 47.7 Å². The maximum absolute atomic E-state index is 6.47. The van der Waals surface area contributed by atoms with Gasteiger partial charge in [-0.3, -0.25) is 4.90 Å². The molecule has 1 heterocycles. The third-order valence-corrected chi connectivity index (χ3v) is 4.69. The maximum Gasteiger partial charge on any atom is 0.0935 e. The SMILES string of the molecule is CC(C)N1CCOC(COCC2(N)CCCCCC2)C1. The summed E-state index contributed by atoms with van der Waals surface area (Å²) in [5.74, 6) is 0. The van der Waals surface area contributed by atoms with Crippen molar-refractivity contribution >= 4 is 0 Å². The molecule has 20 heavy (non-hydrogen) atoms. The van der Waals surface area contributed by atoms with Crippen LogP contribution in [0.25, 0.3) is 0 Å². The molecule has 1 atom stereocenters. The zero-order valence-corrected chi connectivity index (χ0v) is 13.3. The first-order valence-corrected chi connectivity index (χ1v) is 8.31. The van der Waals surface area contributed by atoms with E-state index in [1.807, 2.05) is 0 Å². The fourth-order valence-corrected chi connectivity index (χ4v) is 3.28. The van der Waals surface area contributed by atoms with Gasteiger partial charge in [0, 0.05) is 24.7 Å². The number of hydrogen-bond acceptors (Lipinski definition) is 4. The number of hydrogen-bond donors (Lipinski definition) is 1. The minimum atomic E-state index is -0.0943. The van der Waals surface area contributed by atoms with E-state index < -0.39 is 0 Å². The summed E-state index contributed by atoms with van der Waals surface area (Å²) in [5, 5.41) is 0. The summed E-state index contributed by atoms with van der Waals surface area (Å²) in [6.07, 6.45) is 7.58. The summed E-state index contributed by atoms with van der Waals surface area (Å²) in [4.78, 5) is 2.46. The number of nitrogens with two attached hydrogens (primary N) is 1. The van der Waals surface area contributed by atoms with Gasteiger partial charge in [0.05, 0.1) is 25.9 Å². The Balaban J connectivity index is 1.69. The number of morpholine rings is 1. The Morgan fingerprint density at radius 3 is 2.60 bits per heavy atom. The van der Waals surface area contributed by atoms with Crippen LogP contribution in [-0.4, -0.2) is 55.5 Å². The van der Waals surface area contributed by atoms with Gasteiger partial charge >= 0.3 is 0 Å². The predicted octanol–water partition coefficient (Wildman–Crippen LogP) is 2.16. The molecule has 1 saturated carbocycles. The summed E-state index contributed by atoms with van der Waals surface area (Å²) in [6, 6.07) is 0.587. The second-order valence-corrected chi connectivity index (χ2v) is 6.87. The molecule has 4 heteroatoms. The maximum atomic E-state index is 6.47. The van der Waals surface area contributed by atoms with Gasteiger partial charge in [0.1, 0.15) is 0 Å². The highest BCUT2D eigenvalue weighted by atomic mass is 16.5. The van der Waals surface area contributed by atoms with E-state index >= 15 is 0 Å². The molecule has 0 bridgehead atoms. The predicted molar refractivity (Wildman–Crippen MR) is 81.9 cm³/mol. The molecule has 4 nitrogen and oxygen atoms in total. The Labute approximate surface area is 124 Å². The van der Waals surface area contributed by atoms with Crippen LogP contribution in [0.5, 0.6) is 0 Å². The van der Waals surface area contributed by atoms with Gasteiger partial charge in [0.2, 0.25) is 0 Å². The molecule has 0 radical (unpaired) electrons. The number of rotatable bonds is 5. The normalized spacial score (nSPS) is 28.5. The van der Waals surface area contributed by atoms with E-state index in [4.69, 9.17) is 15.2 Å². The van der Waals surface area contributed by atoms with Crippen molar-refractivity contribution in [3.63, 3.8) is 0 Å². The van der Waals surface area contributed by atoms with E-state index in [1.54, 1.807) is 0 Å². The molecule has 0 amide bonds. The summed E-state index contributed by atoms with van der Waals surface area (Å²) in [6.45, 7) is 8.69. The first-order chi connectivity index (χ1) is 9.59. The fraction of sp³-hybridized carbons (Fsp3) is 1.00. The molecule has 0 aromatic carbocycles. The highest BCUT2D eigenvalue weighted by molar-refractivity contribution is 4.86. The van der Waals surface area contributed by atoms with E-state index in [0.717, 1.165) is 32.5 Å². The van der Waals surface area contributed by atoms with Gasteiger partial charge in [0.25, 0.3) is 0 Å². The highest BCUT2D eigenvalue weighted by Crippen LogP contribution is 2.25. The minimum Gasteiger partial charge on any atom is -0.377 e. The fourth-order valence-electron chi connectivity index (χ4n) is 3.28. The molecule has 2 N–H and O–H groups in total. The monoisotopic (exact) mass is 284 g/mol. The molecule has 0 aromatic heterocycles. The Hall–Kier alpha value is -0.160. The van der Waals surface area contributed by atoms with Gasteiger partial charge in [-0.25, -0.2) is 0 Å². The quantitative estimate of drug-likeness (QED) is 0.786. The van der Waals surface area contributed by atoms with Crippen molar-refractivity contribution in [2.75, 3.05) is 32.9 Å². The lowest BCUT2D eigenvalue weighted by Crippen LogP contribution is -2.49. The van der Waals surface area contributed by atoms with Crippen LogP contribution >= 0.6 is 0 Å². The third kappa shape index (κ3) is 4.99. The highest BCUT2D eigenvalue weighted by Gasteiger charge is 2.28. The Morgan fingerprint density at radius 2 is 1.95 bits per heavy atom. The van der Waals surface area contributed by atoms with Crippen LogP contribution < -0.4 is 5.73 Å². The number of nitrogens with zero attached hydrogens (tertiary/aromatic N) is 1. The molecule has 0 spiro atoms. The van der Waals surface area contributed by atoms with Gasteiger partial charge in [-0.2, -0.15) is 0 Å². The van der Waals surface area contributed by atoms with E-state index in [9.17, 15) is 0 Å². The van der Waals surface area contributed by atoms with Crippen LogP contribution in [0.2, 0.25) is 0 Å². The molecule has 1 aliphatic carbocycles. The van der Waals surface area contributed by atoms with Gasteiger partial charge in [-0.1, -0.05) is 25.7 Å². The summed E-state index contributed by atoms with van der Waals surface area (Å²) in [7, 11) is 0. The molecule has 2 fully saturated rings. The van der Waals surface area contributed by atoms with Crippen LogP contribution in [0.3, 0.4) is 0 Å².